The predicted molar refractivity (Wildman–Crippen MR) is 33.2 cm³/mol. The van der Waals surface area contributed by atoms with Crippen LogP contribution in [0.3, 0.4) is 0 Å². The van der Waals surface area contributed by atoms with E-state index in [9.17, 15) is 14.4 Å². The number of nitrogens with zero attached hydrogens (tertiary/aromatic N) is 1. The number of phosphoric acid groups is 1. The van der Waals surface area contributed by atoms with Crippen molar-refractivity contribution in [2.45, 2.75) is 6.42 Å². The summed E-state index contributed by atoms with van der Waals surface area (Å²) in [5.74, 6) is 0. The molecule has 0 fully saturated rings. The van der Waals surface area contributed by atoms with Gasteiger partial charge in [-0.25, -0.2) is 0 Å². The van der Waals surface area contributed by atoms with Crippen molar-refractivity contribution < 1.29 is 24.4 Å². The van der Waals surface area contributed by atoms with Crippen molar-refractivity contribution in [2.24, 2.45) is 0 Å². The molecule has 0 amide bonds. The van der Waals surface area contributed by atoms with E-state index in [2.05, 4.69) is 4.52 Å². The average molecular weight is 304 g/mol. The normalized spacial score (nSPS) is 8.82. The van der Waals surface area contributed by atoms with Crippen LogP contribution in [0.15, 0.2) is 0 Å². The molecule has 0 unspecified atom stereocenters. The topological polar surface area (TPSA) is 128 Å². The number of phosphoric ester groups is 1. The van der Waals surface area contributed by atoms with Crippen molar-refractivity contribution in [3.05, 3.63) is 0 Å². The summed E-state index contributed by atoms with van der Waals surface area (Å²) in [7, 11) is -4.85. The van der Waals surface area contributed by atoms with Crippen molar-refractivity contribution in [1.82, 2.24) is 0 Å². The van der Waals surface area contributed by atoms with Crippen molar-refractivity contribution >= 4 is 56.7 Å². The van der Waals surface area contributed by atoms with E-state index in [0.717, 1.165) is 0 Å². The summed E-state index contributed by atoms with van der Waals surface area (Å²) >= 11 is 0. The fourth-order valence-electron chi connectivity index (χ4n) is 0.203. The SMILES string of the molecule is N#CCCOP(=O)([O-])[O-].O.[Ba+2]. The molecule has 0 aliphatic heterocycles. The van der Waals surface area contributed by atoms with E-state index in [4.69, 9.17) is 5.26 Å². The molecule has 0 radical (unpaired) electrons. The van der Waals surface area contributed by atoms with Crippen LogP contribution in [-0.2, 0) is 9.09 Å². The third-order valence-corrected chi connectivity index (χ3v) is 0.962. The Morgan fingerprint density at radius 1 is 1.55 bits per heavy atom. The first-order valence-electron chi connectivity index (χ1n) is 2.10. The zero-order chi connectivity index (χ0) is 7.33. The summed E-state index contributed by atoms with van der Waals surface area (Å²) in [5.41, 5.74) is 0. The molecule has 0 aromatic carbocycles. The molecule has 0 atom stereocenters. The smallest absolute Gasteiger partial charge is 0.790 e. The van der Waals surface area contributed by atoms with E-state index in [-0.39, 0.29) is 67.4 Å². The van der Waals surface area contributed by atoms with Gasteiger partial charge in [0.15, 0.2) is 0 Å². The van der Waals surface area contributed by atoms with Crippen LogP contribution >= 0.6 is 7.82 Å². The van der Waals surface area contributed by atoms with E-state index in [1.165, 1.54) is 0 Å². The number of hydrogen-bond acceptors (Lipinski definition) is 5. The van der Waals surface area contributed by atoms with E-state index in [1.54, 1.807) is 6.07 Å². The summed E-state index contributed by atoms with van der Waals surface area (Å²) in [6, 6.07) is 1.62. The molecule has 0 rings (SSSR count). The summed E-state index contributed by atoms with van der Waals surface area (Å²) in [5, 5.41) is 7.84. The van der Waals surface area contributed by atoms with Gasteiger partial charge in [-0.2, -0.15) is 5.26 Å². The van der Waals surface area contributed by atoms with E-state index < -0.39 is 7.82 Å². The first-order chi connectivity index (χ1) is 4.06. The second-order valence-electron chi connectivity index (χ2n) is 1.19. The molecule has 11 heavy (non-hydrogen) atoms. The van der Waals surface area contributed by atoms with Gasteiger partial charge in [0.05, 0.1) is 26.9 Å². The van der Waals surface area contributed by atoms with Gasteiger partial charge in [0.25, 0.3) is 0 Å². The Hall–Kier alpha value is 1.13. The van der Waals surface area contributed by atoms with Gasteiger partial charge >= 0.3 is 48.9 Å². The van der Waals surface area contributed by atoms with E-state index in [0.29, 0.717) is 0 Å². The van der Waals surface area contributed by atoms with Crippen molar-refractivity contribution in [3.63, 3.8) is 0 Å². The maximum atomic E-state index is 9.65. The molecule has 8 heteroatoms. The summed E-state index contributed by atoms with van der Waals surface area (Å²) in [4.78, 5) is 19.3. The van der Waals surface area contributed by atoms with Gasteiger partial charge in [0.1, 0.15) is 0 Å². The van der Waals surface area contributed by atoms with Crippen LogP contribution in [0, 0.1) is 11.3 Å². The molecular formula is C3H6BaNO5P. The number of nitriles is 1. The summed E-state index contributed by atoms with van der Waals surface area (Å²) in [6.45, 7) is -0.346. The van der Waals surface area contributed by atoms with Crippen LogP contribution in [0.4, 0.5) is 0 Å². The quantitative estimate of drug-likeness (QED) is 0.324. The van der Waals surface area contributed by atoms with Crippen LogP contribution in [0.5, 0.6) is 0 Å². The van der Waals surface area contributed by atoms with Gasteiger partial charge in [-0.05, 0) is 0 Å². The summed E-state index contributed by atoms with van der Waals surface area (Å²) in [6.07, 6.45) is -0.0888. The van der Waals surface area contributed by atoms with Crippen molar-refractivity contribution in [3.8, 4) is 6.07 Å². The Kier molecular flexibility index (Phi) is 15.1. The zero-order valence-electron chi connectivity index (χ0n) is 5.65. The minimum absolute atomic E-state index is 0. The average Bonchev–Trinajstić information content (AvgIpc) is 1.63. The third-order valence-electron chi connectivity index (χ3n) is 0.463. The standard InChI is InChI=1S/C3H6NO4P.Ba.H2O/c4-2-1-3-8-9(5,6)7;;/h1,3H2,(H2,5,6,7);;1H2/q;+2;/p-2. The first-order valence-corrected chi connectivity index (χ1v) is 3.56. The van der Waals surface area contributed by atoms with Gasteiger partial charge in [0.2, 0.25) is 0 Å². The maximum Gasteiger partial charge on any atom is 2.00 e. The van der Waals surface area contributed by atoms with Gasteiger partial charge in [-0.1, -0.05) is 0 Å². The Labute approximate surface area is 104 Å². The second kappa shape index (κ2) is 9.22. The first kappa shape index (κ1) is 18.0. The molecule has 0 aromatic heterocycles. The fraction of sp³-hybridized carbons (Fsp3) is 0.667. The molecule has 0 aliphatic rings. The summed E-state index contributed by atoms with van der Waals surface area (Å²) < 4.78 is 13.3. The van der Waals surface area contributed by atoms with Crippen LogP contribution in [0.1, 0.15) is 6.42 Å². The molecule has 0 heterocycles. The van der Waals surface area contributed by atoms with Crippen LogP contribution in [0.2, 0.25) is 0 Å². The second-order valence-corrected chi connectivity index (χ2v) is 2.34. The minimum Gasteiger partial charge on any atom is -0.790 e. The van der Waals surface area contributed by atoms with Gasteiger partial charge in [0, 0.05) is 0 Å². The molecule has 0 saturated carbocycles. The monoisotopic (exact) mass is 305 g/mol. The molecule has 0 saturated heterocycles. The molecule has 0 aromatic rings. The van der Waals surface area contributed by atoms with E-state index >= 15 is 0 Å². The molecule has 60 valence electrons. The Bertz CT molecular complexity index is 162. The Morgan fingerprint density at radius 3 is 2.27 bits per heavy atom. The molecular weight excluding hydrogens is 298 g/mol. The van der Waals surface area contributed by atoms with E-state index in [1.807, 2.05) is 0 Å². The molecule has 0 spiro atoms. The van der Waals surface area contributed by atoms with Gasteiger partial charge in [-0.15, -0.1) is 0 Å². The van der Waals surface area contributed by atoms with Crippen LogP contribution in [-0.4, -0.2) is 61.0 Å². The van der Waals surface area contributed by atoms with Gasteiger partial charge < -0.3 is 24.4 Å². The zero-order valence-corrected chi connectivity index (χ0v) is 11.0. The minimum atomic E-state index is -4.85. The molecule has 2 N–H and O–H groups in total. The van der Waals surface area contributed by atoms with Crippen molar-refractivity contribution in [1.29, 1.82) is 5.26 Å². The Morgan fingerprint density at radius 2 is 2.00 bits per heavy atom. The van der Waals surface area contributed by atoms with Crippen LogP contribution in [0.25, 0.3) is 0 Å². The van der Waals surface area contributed by atoms with Crippen LogP contribution < -0.4 is 9.79 Å². The van der Waals surface area contributed by atoms with Crippen molar-refractivity contribution in [2.75, 3.05) is 6.61 Å². The fourth-order valence-corrected chi connectivity index (χ4v) is 0.518. The number of hydrogen-bond donors (Lipinski definition) is 0. The maximum absolute atomic E-state index is 9.65. The third kappa shape index (κ3) is 18.3. The number of rotatable bonds is 3. The van der Waals surface area contributed by atoms with Gasteiger partial charge in [-0.3, -0.25) is 0 Å². The Balaban J connectivity index is -0.000000320. The largest absolute Gasteiger partial charge is 2.00 e. The molecule has 0 aliphatic carbocycles. The molecule has 0 bridgehead atoms. The molecule has 6 nitrogen and oxygen atoms in total. The predicted octanol–water partition coefficient (Wildman–Crippen LogP) is -2.46.